The monoisotopic (exact) mass is 367 g/mol. The van der Waals surface area contributed by atoms with E-state index in [0.717, 1.165) is 0 Å². The number of carbonyl (C=O) groups is 1. The van der Waals surface area contributed by atoms with Gasteiger partial charge >= 0.3 is 5.97 Å². The highest BCUT2D eigenvalue weighted by atomic mass is 32.2. The average molecular weight is 367 g/mol. The standard InChI is InChI=1S/C17H18FNO5S/c1-2-23-17(20)13-3-9-16(10-4-13)25(21,22)19-11-12-24-15-7-5-14(18)6-8-15/h3-10,19H,2,11-12H2,1H3. The Balaban J connectivity index is 1.88. The number of carbonyl (C=O) groups excluding carboxylic acids is 1. The Kier molecular flexibility index (Phi) is 6.49. The van der Waals surface area contributed by atoms with Crippen molar-refractivity contribution in [2.75, 3.05) is 19.8 Å². The van der Waals surface area contributed by atoms with E-state index in [-0.39, 0.29) is 36.0 Å². The van der Waals surface area contributed by atoms with Crippen molar-refractivity contribution in [3.05, 3.63) is 59.9 Å². The minimum atomic E-state index is -3.72. The van der Waals surface area contributed by atoms with Crippen LogP contribution in [0.3, 0.4) is 0 Å². The molecule has 0 fully saturated rings. The van der Waals surface area contributed by atoms with Crippen LogP contribution in [0.1, 0.15) is 17.3 Å². The molecule has 0 radical (unpaired) electrons. The van der Waals surface area contributed by atoms with Gasteiger partial charge in [-0.15, -0.1) is 0 Å². The maximum Gasteiger partial charge on any atom is 0.338 e. The van der Waals surface area contributed by atoms with Crippen molar-refractivity contribution in [1.82, 2.24) is 4.72 Å². The van der Waals surface area contributed by atoms with E-state index in [0.29, 0.717) is 5.75 Å². The molecule has 2 aromatic rings. The predicted octanol–water partition coefficient (Wildman–Crippen LogP) is 2.36. The van der Waals surface area contributed by atoms with Crippen LogP contribution >= 0.6 is 0 Å². The van der Waals surface area contributed by atoms with Crippen molar-refractivity contribution < 1.29 is 27.1 Å². The van der Waals surface area contributed by atoms with E-state index in [9.17, 15) is 17.6 Å². The number of benzene rings is 2. The van der Waals surface area contributed by atoms with Gasteiger partial charge in [0.1, 0.15) is 18.2 Å². The molecule has 2 aromatic carbocycles. The second-order valence-corrected chi connectivity index (χ2v) is 6.71. The lowest BCUT2D eigenvalue weighted by molar-refractivity contribution is 0.0526. The Hall–Kier alpha value is -2.45. The SMILES string of the molecule is CCOC(=O)c1ccc(S(=O)(=O)NCCOc2ccc(F)cc2)cc1. The lowest BCUT2D eigenvalue weighted by Crippen LogP contribution is -2.28. The van der Waals surface area contributed by atoms with Gasteiger partial charge in [-0.05, 0) is 55.5 Å². The second-order valence-electron chi connectivity index (χ2n) is 4.95. The van der Waals surface area contributed by atoms with Gasteiger partial charge in [-0.3, -0.25) is 0 Å². The van der Waals surface area contributed by atoms with E-state index in [2.05, 4.69) is 4.72 Å². The van der Waals surface area contributed by atoms with Crippen molar-refractivity contribution in [3.63, 3.8) is 0 Å². The molecule has 25 heavy (non-hydrogen) atoms. The summed E-state index contributed by atoms with van der Waals surface area (Å²) < 4.78 is 49.6. The molecule has 0 aliphatic rings. The number of halogens is 1. The van der Waals surface area contributed by atoms with Gasteiger partial charge < -0.3 is 9.47 Å². The lowest BCUT2D eigenvalue weighted by atomic mass is 10.2. The van der Waals surface area contributed by atoms with Gasteiger partial charge in [0, 0.05) is 6.54 Å². The van der Waals surface area contributed by atoms with Crippen LogP contribution < -0.4 is 9.46 Å². The minimum Gasteiger partial charge on any atom is -0.492 e. The largest absolute Gasteiger partial charge is 0.492 e. The molecular weight excluding hydrogens is 349 g/mol. The molecule has 0 spiro atoms. The summed E-state index contributed by atoms with van der Waals surface area (Å²) in [5.74, 6) is -0.439. The third-order valence-electron chi connectivity index (χ3n) is 3.15. The molecule has 0 saturated carbocycles. The third kappa shape index (κ3) is 5.54. The van der Waals surface area contributed by atoms with E-state index in [1.165, 1.54) is 48.5 Å². The van der Waals surface area contributed by atoms with Crippen LogP contribution in [-0.2, 0) is 14.8 Å². The fourth-order valence-corrected chi connectivity index (χ4v) is 2.96. The number of esters is 1. The number of hydrogen-bond donors (Lipinski definition) is 1. The van der Waals surface area contributed by atoms with Crippen LogP contribution in [0.15, 0.2) is 53.4 Å². The van der Waals surface area contributed by atoms with E-state index >= 15 is 0 Å². The minimum absolute atomic E-state index is 0.0299. The first-order valence-corrected chi connectivity index (χ1v) is 9.06. The Morgan fingerprint density at radius 3 is 2.32 bits per heavy atom. The van der Waals surface area contributed by atoms with Crippen LogP contribution in [0.2, 0.25) is 0 Å². The van der Waals surface area contributed by atoms with Crippen molar-refractivity contribution in [2.45, 2.75) is 11.8 Å². The molecule has 2 rings (SSSR count). The quantitative estimate of drug-likeness (QED) is 0.572. The zero-order chi connectivity index (χ0) is 18.3. The molecular formula is C17H18FNO5S. The molecule has 0 aliphatic heterocycles. The number of hydrogen-bond acceptors (Lipinski definition) is 5. The zero-order valence-electron chi connectivity index (χ0n) is 13.6. The maximum atomic E-state index is 12.8. The Bertz CT molecular complexity index is 804. The first-order chi connectivity index (χ1) is 11.9. The van der Waals surface area contributed by atoms with Crippen LogP contribution in [0.5, 0.6) is 5.75 Å². The summed E-state index contributed by atoms with van der Waals surface area (Å²) in [6.45, 7) is 2.06. The first kappa shape index (κ1) is 18.9. The number of ether oxygens (including phenoxy) is 2. The van der Waals surface area contributed by atoms with Crippen molar-refractivity contribution in [2.24, 2.45) is 0 Å². The van der Waals surface area contributed by atoms with Gasteiger partial charge in [0.25, 0.3) is 0 Å². The molecule has 0 bridgehead atoms. The van der Waals surface area contributed by atoms with Crippen LogP contribution in [0, 0.1) is 5.82 Å². The van der Waals surface area contributed by atoms with Gasteiger partial charge in [-0.2, -0.15) is 0 Å². The topological polar surface area (TPSA) is 81.7 Å². The molecule has 0 aliphatic carbocycles. The smallest absolute Gasteiger partial charge is 0.338 e. The van der Waals surface area contributed by atoms with Gasteiger partial charge in [0.15, 0.2) is 0 Å². The van der Waals surface area contributed by atoms with Gasteiger partial charge in [0.2, 0.25) is 10.0 Å². The molecule has 0 heterocycles. The number of nitrogens with one attached hydrogen (secondary N) is 1. The molecule has 6 nitrogen and oxygen atoms in total. The fourth-order valence-electron chi connectivity index (χ4n) is 1.94. The van der Waals surface area contributed by atoms with Gasteiger partial charge in [-0.1, -0.05) is 0 Å². The lowest BCUT2D eigenvalue weighted by Gasteiger charge is -2.09. The summed E-state index contributed by atoms with van der Waals surface area (Å²) in [6.07, 6.45) is 0. The summed E-state index contributed by atoms with van der Waals surface area (Å²) in [6, 6.07) is 10.9. The van der Waals surface area contributed by atoms with E-state index in [4.69, 9.17) is 9.47 Å². The summed E-state index contributed by atoms with van der Waals surface area (Å²) >= 11 is 0. The zero-order valence-corrected chi connectivity index (χ0v) is 14.4. The average Bonchev–Trinajstić information content (AvgIpc) is 2.60. The van der Waals surface area contributed by atoms with Crippen molar-refractivity contribution in [1.29, 1.82) is 0 Å². The second kappa shape index (κ2) is 8.59. The fraction of sp³-hybridized carbons (Fsp3) is 0.235. The van der Waals surface area contributed by atoms with E-state index in [1.54, 1.807) is 6.92 Å². The summed E-state index contributed by atoms with van der Waals surface area (Å²) in [5, 5.41) is 0. The highest BCUT2D eigenvalue weighted by Crippen LogP contribution is 2.12. The molecule has 8 heteroatoms. The predicted molar refractivity (Wildman–Crippen MR) is 89.5 cm³/mol. The Morgan fingerprint density at radius 1 is 1.08 bits per heavy atom. The Morgan fingerprint density at radius 2 is 1.72 bits per heavy atom. The normalized spacial score (nSPS) is 11.1. The maximum absolute atomic E-state index is 12.8. The number of sulfonamides is 1. The highest BCUT2D eigenvalue weighted by molar-refractivity contribution is 7.89. The van der Waals surface area contributed by atoms with Gasteiger partial charge in [-0.25, -0.2) is 22.3 Å². The van der Waals surface area contributed by atoms with Crippen LogP contribution in [0.25, 0.3) is 0 Å². The summed E-state index contributed by atoms with van der Waals surface area (Å²) in [5.41, 5.74) is 0.278. The van der Waals surface area contributed by atoms with Crippen molar-refractivity contribution in [3.8, 4) is 5.75 Å². The molecule has 0 amide bonds. The molecule has 134 valence electrons. The molecule has 0 aromatic heterocycles. The summed E-state index contributed by atoms with van der Waals surface area (Å²) in [7, 11) is -3.72. The van der Waals surface area contributed by atoms with Crippen LogP contribution in [0.4, 0.5) is 4.39 Å². The first-order valence-electron chi connectivity index (χ1n) is 7.57. The molecule has 1 N–H and O–H groups in total. The van der Waals surface area contributed by atoms with Crippen LogP contribution in [-0.4, -0.2) is 34.1 Å². The van der Waals surface area contributed by atoms with E-state index < -0.39 is 16.0 Å². The summed E-state index contributed by atoms with van der Waals surface area (Å²) in [4.78, 5) is 11.6. The molecule has 0 saturated heterocycles. The molecule has 0 atom stereocenters. The Labute approximate surface area is 145 Å². The van der Waals surface area contributed by atoms with Gasteiger partial charge in [0.05, 0.1) is 17.1 Å². The highest BCUT2D eigenvalue weighted by Gasteiger charge is 2.15. The third-order valence-corrected chi connectivity index (χ3v) is 4.63. The number of rotatable bonds is 8. The molecule has 0 unspecified atom stereocenters. The van der Waals surface area contributed by atoms with E-state index in [1.807, 2.05) is 0 Å². The van der Waals surface area contributed by atoms with Crippen molar-refractivity contribution >= 4 is 16.0 Å².